The number of hydrazone groups is 1. The van der Waals surface area contributed by atoms with Gasteiger partial charge in [-0.1, -0.05) is 45.9 Å². The zero-order valence-corrected chi connectivity index (χ0v) is 35.0. The fourth-order valence-electron chi connectivity index (χ4n) is 7.99. The van der Waals surface area contributed by atoms with Crippen molar-refractivity contribution in [3.05, 3.63) is 52.8 Å². The quantitative estimate of drug-likeness (QED) is 0.115. The molecule has 0 spiro atoms. The van der Waals surface area contributed by atoms with Gasteiger partial charge in [0.05, 0.1) is 46.9 Å². The van der Waals surface area contributed by atoms with Crippen LogP contribution in [0.25, 0.3) is 10.8 Å². The Kier molecular flexibility index (Phi) is 13.5. The second-order valence-corrected chi connectivity index (χ2v) is 16.1. The number of anilines is 1. The predicted octanol–water partition coefficient (Wildman–Crippen LogP) is 5.36. The third kappa shape index (κ3) is 8.81. The summed E-state index contributed by atoms with van der Waals surface area (Å²) >= 11 is 0. The molecule has 0 aliphatic carbocycles. The van der Waals surface area contributed by atoms with Crippen molar-refractivity contribution in [2.45, 2.75) is 85.9 Å². The molecule has 8 unspecified atom stereocenters. The molecule has 4 heterocycles. The predicted molar refractivity (Wildman–Crippen MR) is 219 cm³/mol. The first-order valence-electron chi connectivity index (χ1n) is 19.7. The number of phenolic OH excluding ortho intramolecular Hbond substituents is 3. The van der Waals surface area contributed by atoms with E-state index in [1.54, 1.807) is 30.2 Å². The van der Waals surface area contributed by atoms with Crippen LogP contribution in [0.2, 0.25) is 0 Å². The largest absolute Gasteiger partial charge is 0.507 e. The number of Topliss-reactive ketones (excluding diaryl/α,β-unsaturated/α-hetero) is 1. The fraction of sp³-hybridized carbons (Fsp3) is 0.535. The highest BCUT2D eigenvalue weighted by atomic mass is 16.7. The third-order valence-corrected chi connectivity index (χ3v) is 11.6. The summed E-state index contributed by atoms with van der Waals surface area (Å²) in [5, 5.41) is 55.6. The number of nitrogens with zero attached hydrogens (tertiary/aromatic N) is 3. The lowest BCUT2D eigenvalue weighted by Gasteiger charge is -2.36. The van der Waals surface area contributed by atoms with Crippen LogP contribution in [0.15, 0.2) is 41.2 Å². The molecule has 58 heavy (non-hydrogen) atoms. The number of allylic oxidation sites excluding steroid dienone is 3. The Hall–Kier alpha value is -5.12. The fourth-order valence-corrected chi connectivity index (χ4v) is 7.99. The van der Waals surface area contributed by atoms with E-state index in [4.69, 9.17) is 18.9 Å². The second kappa shape index (κ2) is 17.8. The molecule has 316 valence electrons. The smallest absolute Gasteiger partial charge is 0.312 e. The molecule has 6 rings (SSSR count). The van der Waals surface area contributed by atoms with Crippen molar-refractivity contribution in [3.8, 4) is 23.0 Å². The van der Waals surface area contributed by atoms with Gasteiger partial charge in [-0.15, -0.1) is 0 Å². The van der Waals surface area contributed by atoms with E-state index in [9.17, 15) is 34.8 Å². The van der Waals surface area contributed by atoms with Gasteiger partial charge in [-0.05, 0) is 45.2 Å². The van der Waals surface area contributed by atoms with Gasteiger partial charge < -0.3 is 49.6 Å². The van der Waals surface area contributed by atoms with Gasteiger partial charge in [0.25, 0.3) is 11.7 Å². The molecule has 0 radical (unpaired) electrons. The highest BCUT2D eigenvalue weighted by Gasteiger charge is 2.50. The van der Waals surface area contributed by atoms with E-state index in [1.165, 1.54) is 40.4 Å². The molecule has 1 saturated heterocycles. The van der Waals surface area contributed by atoms with Gasteiger partial charge in [0.15, 0.2) is 5.75 Å². The molecule has 8 atom stereocenters. The molecule has 4 aliphatic heterocycles. The van der Waals surface area contributed by atoms with Gasteiger partial charge in [-0.25, -0.2) is 0 Å². The van der Waals surface area contributed by atoms with E-state index < -0.39 is 70.8 Å². The summed E-state index contributed by atoms with van der Waals surface area (Å²) in [7, 11) is 3.47. The van der Waals surface area contributed by atoms with E-state index in [2.05, 4.69) is 15.3 Å². The Morgan fingerprint density at radius 2 is 1.67 bits per heavy atom. The number of ether oxygens (including phenoxy) is 4. The molecule has 2 aromatic carbocycles. The number of piperazine rings is 1. The van der Waals surface area contributed by atoms with Crippen LogP contribution in [0.3, 0.4) is 0 Å². The van der Waals surface area contributed by atoms with Gasteiger partial charge in [-0.3, -0.25) is 19.4 Å². The van der Waals surface area contributed by atoms with Crippen LogP contribution < -0.4 is 10.1 Å². The van der Waals surface area contributed by atoms with E-state index in [0.29, 0.717) is 19.5 Å². The Morgan fingerprint density at radius 3 is 2.31 bits per heavy atom. The molecule has 5 N–H and O–H groups in total. The summed E-state index contributed by atoms with van der Waals surface area (Å²) in [6.45, 7) is 15.9. The molecular formula is C43H58N4O11. The van der Waals surface area contributed by atoms with Gasteiger partial charge in [0.2, 0.25) is 0 Å². The maximum Gasteiger partial charge on any atom is 0.312 e. The minimum absolute atomic E-state index is 0.0243. The number of methoxy groups -OCH3 is 1. The maximum atomic E-state index is 14.4. The number of amides is 1. The Morgan fingerprint density at radius 1 is 1.00 bits per heavy atom. The Bertz CT molecular complexity index is 2040. The van der Waals surface area contributed by atoms with Crippen molar-refractivity contribution in [1.82, 2.24) is 9.91 Å². The summed E-state index contributed by atoms with van der Waals surface area (Å²) in [6, 6.07) is 0. The van der Waals surface area contributed by atoms with Crippen molar-refractivity contribution in [2.75, 3.05) is 45.7 Å². The first-order valence-corrected chi connectivity index (χ1v) is 19.7. The number of hydrogen-bond acceptors (Lipinski definition) is 14. The number of carbonyl (C=O) groups is 3. The number of aliphatic hydroxyl groups excluding tert-OH is 1. The Labute approximate surface area is 339 Å². The number of benzene rings is 2. The van der Waals surface area contributed by atoms with Crippen LogP contribution in [0.1, 0.15) is 76.4 Å². The lowest BCUT2D eigenvalue weighted by atomic mass is 9.79. The first-order chi connectivity index (χ1) is 27.3. The highest BCUT2D eigenvalue weighted by Crippen LogP contribution is 2.55. The van der Waals surface area contributed by atoms with Crippen molar-refractivity contribution in [1.29, 1.82) is 0 Å². The minimum atomic E-state index is -2.01. The standard InChI is InChI=1S/C43H58N4O11/c1-22-12-11-13-23(2)42(54)45-34-29(21-44-47-17-15-46(9)16-18-47)37(51)31-32(38(34)52)36(50)27(6)40-33(31)41(53)43(8,58-40)56-19-14-30(55-10)25(4)39(57-28(7)48)26(5)35(49)24(3)20-22/h11-14,19,21-22,24-26,30,35,39,49-52H,15-18,20H2,1-10H3,(H,45,54). The number of fused-ring (bicyclic) bond motifs is 14. The molecule has 4 aliphatic rings. The zero-order valence-electron chi connectivity index (χ0n) is 35.0. The molecule has 2 aromatic rings. The van der Waals surface area contributed by atoms with Crippen LogP contribution in [0.4, 0.5) is 5.69 Å². The third-order valence-electron chi connectivity index (χ3n) is 11.6. The topological polar surface area (TPSA) is 200 Å². The van der Waals surface area contributed by atoms with Crippen LogP contribution in [-0.4, -0.2) is 119 Å². The van der Waals surface area contributed by atoms with E-state index >= 15 is 0 Å². The normalized spacial score (nSPS) is 29.1. The SMILES string of the molecule is COC1C=COC2(C)Oc3c(C)c(O)c4c(O)c(c(C=NN5CCN(C)CC5)c(O)c4c3C2=O)NC(=O)C(C)=CC=CC(C)CC(C)C(O)C(C)C(OC(C)=O)C1C. The molecule has 1 amide bonds. The summed E-state index contributed by atoms with van der Waals surface area (Å²) < 4.78 is 23.7. The molecule has 1 fully saturated rings. The molecule has 15 heteroatoms. The lowest BCUT2D eigenvalue weighted by Crippen LogP contribution is -2.44. The van der Waals surface area contributed by atoms with Crippen LogP contribution in [0.5, 0.6) is 23.0 Å². The highest BCUT2D eigenvalue weighted by molar-refractivity contribution is 6.23. The zero-order chi connectivity index (χ0) is 42.8. The molecule has 0 saturated carbocycles. The summed E-state index contributed by atoms with van der Waals surface area (Å²) in [4.78, 5) is 42.6. The van der Waals surface area contributed by atoms with Crippen molar-refractivity contribution in [2.24, 2.45) is 28.8 Å². The van der Waals surface area contributed by atoms with Crippen LogP contribution in [-0.2, 0) is 23.8 Å². The lowest BCUT2D eigenvalue weighted by molar-refractivity contribution is -0.159. The average molecular weight is 807 g/mol. The Balaban J connectivity index is 1.69. The van der Waals surface area contributed by atoms with Gasteiger partial charge in [-0.2, -0.15) is 5.10 Å². The molecule has 0 aromatic heterocycles. The molecule has 15 nitrogen and oxygen atoms in total. The van der Waals surface area contributed by atoms with Crippen molar-refractivity contribution < 1.29 is 53.8 Å². The molecular weight excluding hydrogens is 748 g/mol. The maximum absolute atomic E-state index is 14.4. The number of aliphatic hydroxyl groups is 1. The number of aromatic hydroxyl groups is 3. The van der Waals surface area contributed by atoms with E-state index in [0.717, 1.165) is 13.1 Å². The summed E-state index contributed by atoms with van der Waals surface area (Å²) in [6.07, 6.45) is 7.55. The van der Waals surface area contributed by atoms with E-state index in [-0.39, 0.29) is 56.3 Å². The van der Waals surface area contributed by atoms with Crippen LogP contribution in [0, 0.1) is 30.6 Å². The number of carbonyl (C=O) groups excluding carboxylic acids is 3. The summed E-state index contributed by atoms with van der Waals surface area (Å²) in [5.41, 5.74) is -0.149. The van der Waals surface area contributed by atoms with Crippen LogP contribution >= 0.6 is 0 Å². The number of phenols is 3. The van der Waals surface area contributed by atoms with Gasteiger partial charge >= 0.3 is 11.8 Å². The number of hydrogen-bond donors (Lipinski definition) is 5. The van der Waals surface area contributed by atoms with Gasteiger partial charge in [0, 0.05) is 75.5 Å². The second-order valence-electron chi connectivity index (χ2n) is 16.1. The van der Waals surface area contributed by atoms with E-state index in [1.807, 2.05) is 40.8 Å². The molecule has 5 bridgehead atoms. The number of rotatable bonds is 4. The average Bonchev–Trinajstić information content (AvgIpc) is 3.44. The number of likely N-dealkylation sites (N-methyl/N-ethyl adjacent to an activating group) is 1. The monoisotopic (exact) mass is 806 g/mol. The number of ketones is 1. The number of nitrogens with one attached hydrogen (secondary N) is 1. The minimum Gasteiger partial charge on any atom is -0.507 e. The summed E-state index contributed by atoms with van der Waals surface area (Å²) in [5.74, 6) is -6.83. The first kappa shape index (κ1) is 44.0. The number of esters is 1. The van der Waals surface area contributed by atoms with Gasteiger partial charge in [0.1, 0.15) is 23.4 Å². The van der Waals surface area contributed by atoms with Crippen molar-refractivity contribution >= 4 is 40.3 Å². The van der Waals surface area contributed by atoms with Crippen molar-refractivity contribution in [3.63, 3.8) is 0 Å².